The molecule has 3 rings (SSSR count). The Morgan fingerprint density at radius 3 is 2.72 bits per heavy atom. The molecule has 0 radical (unpaired) electrons. The highest BCUT2D eigenvalue weighted by Gasteiger charge is 2.35. The summed E-state index contributed by atoms with van der Waals surface area (Å²) < 4.78 is 0. The van der Waals surface area contributed by atoms with E-state index in [2.05, 4.69) is 26.7 Å². The van der Waals surface area contributed by atoms with Crippen LogP contribution >= 0.6 is 11.6 Å². The first kappa shape index (κ1) is 21.0. The fraction of sp³-hybridized carbons (Fsp3) is 0.429. The molecule has 2 atom stereocenters. The van der Waals surface area contributed by atoms with E-state index in [9.17, 15) is 15.2 Å². The van der Waals surface area contributed by atoms with Gasteiger partial charge >= 0.3 is 0 Å². The van der Waals surface area contributed by atoms with Crippen LogP contribution in [0.1, 0.15) is 49.0 Å². The quantitative estimate of drug-likeness (QED) is 0.620. The van der Waals surface area contributed by atoms with Crippen LogP contribution in [0.4, 0.5) is 11.8 Å². The molecule has 1 aliphatic carbocycles. The number of anilines is 2. The number of nitrogens with zero attached hydrogens (tertiary/aromatic N) is 3. The molecular weight excluding hydrogens is 390 g/mol. The van der Waals surface area contributed by atoms with Crippen LogP contribution < -0.4 is 10.6 Å². The molecule has 7 nitrogen and oxygen atoms in total. The lowest BCUT2D eigenvalue weighted by molar-refractivity contribution is 0.00926. The summed E-state index contributed by atoms with van der Waals surface area (Å²) in [4.78, 5) is 20.8. The number of aliphatic hydroxyl groups is 1. The number of ketones is 1. The summed E-state index contributed by atoms with van der Waals surface area (Å²) in [7, 11) is 0. The van der Waals surface area contributed by atoms with Crippen molar-refractivity contribution in [2.45, 2.75) is 45.3 Å². The van der Waals surface area contributed by atoms with Crippen molar-refractivity contribution in [1.82, 2.24) is 9.97 Å². The second-order valence-electron chi connectivity index (χ2n) is 7.98. The number of aliphatic hydroxyl groups excluding tert-OH is 1. The first-order valence-corrected chi connectivity index (χ1v) is 9.90. The average Bonchev–Trinajstić information content (AvgIpc) is 2.69. The number of nitriles is 1. The molecule has 1 fully saturated rings. The lowest BCUT2D eigenvalue weighted by Crippen LogP contribution is -2.41. The smallest absolute Gasteiger partial charge is 0.225 e. The van der Waals surface area contributed by atoms with Gasteiger partial charge in [-0.05, 0) is 48.9 Å². The van der Waals surface area contributed by atoms with Crippen LogP contribution in [-0.4, -0.2) is 39.5 Å². The minimum Gasteiger partial charge on any atom is -0.393 e. The predicted octanol–water partition coefficient (Wildman–Crippen LogP) is 3.65. The highest BCUT2D eigenvalue weighted by atomic mass is 35.5. The second-order valence-corrected chi connectivity index (χ2v) is 8.41. The number of hydrogen-bond donors (Lipinski definition) is 3. The van der Waals surface area contributed by atoms with Gasteiger partial charge in [0.1, 0.15) is 17.5 Å². The summed E-state index contributed by atoms with van der Waals surface area (Å²) in [5.41, 5.74) is 0.669. The molecule has 1 aromatic heterocycles. The Kier molecular flexibility index (Phi) is 6.36. The van der Waals surface area contributed by atoms with E-state index in [-0.39, 0.29) is 35.8 Å². The fourth-order valence-electron chi connectivity index (χ4n) is 3.50. The molecular formula is C21H24ClN5O2. The Labute approximate surface area is 175 Å². The van der Waals surface area contributed by atoms with Gasteiger partial charge in [0.25, 0.3) is 0 Å². The maximum absolute atomic E-state index is 12.3. The highest BCUT2D eigenvalue weighted by molar-refractivity contribution is 6.30. The summed E-state index contributed by atoms with van der Waals surface area (Å²) in [6, 6.07) is 8.85. The van der Waals surface area contributed by atoms with Crippen molar-refractivity contribution in [3.05, 3.63) is 46.6 Å². The number of rotatable bonds is 6. The SMILES string of the molecule is CC1(C)C[C@H](Nc2nc(NCC(=O)c3ccc(Cl)cc3)ncc2C#N)CC[C@@H]1O. The van der Waals surface area contributed by atoms with E-state index in [1.807, 2.05) is 13.8 Å². The van der Waals surface area contributed by atoms with Crippen LogP contribution in [0.2, 0.25) is 5.02 Å². The molecule has 0 unspecified atom stereocenters. The van der Waals surface area contributed by atoms with Gasteiger partial charge in [-0.1, -0.05) is 25.4 Å². The maximum Gasteiger partial charge on any atom is 0.225 e. The summed E-state index contributed by atoms with van der Waals surface area (Å²) in [6.45, 7) is 4.09. The van der Waals surface area contributed by atoms with E-state index in [1.165, 1.54) is 6.20 Å². The molecule has 8 heteroatoms. The Morgan fingerprint density at radius 1 is 1.34 bits per heavy atom. The highest BCUT2D eigenvalue weighted by Crippen LogP contribution is 2.36. The van der Waals surface area contributed by atoms with Gasteiger partial charge < -0.3 is 15.7 Å². The molecule has 152 valence electrons. The van der Waals surface area contributed by atoms with Gasteiger partial charge in [0.15, 0.2) is 5.78 Å². The van der Waals surface area contributed by atoms with Crippen LogP contribution in [0, 0.1) is 16.7 Å². The molecule has 0 saturated heterocycles. The number of nitrogens with one attached hydrogen (secondary N) is 2. The van der Waals surface area contributed by atoms with Crippen molar-refractivity contribution < 1.29 is 9.90 Å². The van der Waals surface area contributed by atoms with Crippen molar-refractivity contribution in [3.8, 4) is 6.07 Å². The number of benzene rings is 1. The van der Waals surface area contributed by atoms with Gasteiger partial charge in [0.2, 0.25) is 5.95 Å². The zero-order valence-corrected chi connectivity index (χ0v) is 17.2. The summed E-state index contributed by atoms with van der Waals surface area (Å²) in [6.07, 6.45) is 3.35. The van der Waals surface area contributed by atoms with Gasteiger partial charge in [-0.3, -0.25) is 4.79 Å². The van der Waals surface area contributed by atoms with Crippen molar-refractivity contribution in [1.29, 1.82) is 5.26 Å². The first-order valence-electron chi connectivity index (χ1n) is 9.53. The van der Waals surface area contributed by atoms with Gasteiger partial charge in [-0.2, -0.15) is 10.2 Å². The summed E-state index contributed by atoms with van der Waals surface area (Å²) in [5, 5.41) is 26.3. The first-order chi connectivity index (χ1) is 13.8. The van der Waals surface area contributed by atoms with Crippen LogP contribution in [-0.2, 0) is 0 Å². The minimum atomic E-state index is -0.336. The van der Waals surface area contributed by atoms with Crippen molar-refractivity contribution in [3.63, 3.8) is 0 Å². The maximum atomic E-state index is 12.3. The largest absolute Gasteiger partial charge is 0.393 e. The van der Waals surface area contributed by atoms with E-state index in [0.29, 0.717) is 28.4 Å². The molecule has 29 heavy (non-hydrogen) atoms. The lowest BCUT2D eigenvalue weighted by atomic mass is 9.73. The molecule has 1 heterocycles. The second kappa shape index (κ2) is 8.76. The zero-order valence-electron chi connectivity index (χ0n) is 16.4. The average molecular weight is 414 g/mol. The predicted molar refractivity (Wildman–Crippen MR) is 112 cm³/mol. The molecule has 1 saturated carbocycles. The van der Waals surface area contributed by atoms with E-state index >= 15 is 0 Å². The molecule has 0 amide bonds. The lowest BCUT2D eigenvalue weighted by Gasteiger charge is -2.40. The van der Waals surface area contributed by atoms with E-state index in [1.54, 1.807) is 24.3 Å². The van der Waals surface area contributed by atoms with Gasteiger partial charge in [-0.15, -0.1) is 0 Å². The Bertz CT molecular complexity index is 924. The fourth-order valence-corrected chi connectivity index (χ4v) is 3.62. The topological polar surface area (TPSA) is 111 Å². The van der Waals surface area contributed by atoms with E-state index in [0.717, 1.165) is 12.8 Å². The number of carbonyl (C=O) groups excluding carboxylic acids is 1. The summed E-state index contributed by atoms with van der Waals surface area (Å²) >= 11 is 5.85. The van der Waals surface area contributed by atoms with Crippen molar-refractivity contribution in [2.75, 3.05) is 17.2 Å². The van der Waals surface area contributed by atoms with E-state index < -0.39 is 0 Å². The van der Waals surface area contributed by atoms with E-state index in [4.69, 9.17) is 11.6 Å². The Balaban J connectivity index is 1.68. The normalized spacial score (nSPS) is 20.5. The van der Waals surface area contributed by atoms with Crippen LogP contribution in [0.5, 0.6) is 0 Å². The van der Waals surface area contributed by atoms with Gasteiger partial charge in [0, 0.05) is 16.6 Å². The number of carbonyl (C=O) groups is 1. The molecule has 1 aromatic carbocycles. The molecule has 1 aliphatic rings. The molecule has 2 aromatic rings. The third-order valence-corrected chi connectivity index (χ3v) is 5.54. The van der Waals surface area contributed by atoms with Crippen molar-refractivity contribution in [2.24, 2.45) is 5.41 Å². The number of hydrogen-bond acceptors (Lipinski definition) is 7. The molecule has 0 bridgehead atoms. The van der Waals surface area contributed by atoms with Crippen molar-refractivity contribution >= 4 is 29.2 Å². The number of Topliss-reactive ketones (excluding diaryl/α,β-unsaturated/α-hetero) is 1. The van der Waals surface area contributed by atoms with Crippen LogP contribution in [0.15, 0.2) is 30.5 Å². The van der Waals surface area contributed by atoms with Crippen LogP contribution in [0.25, 0.3) is 0 Å². The molecule has 0 spiro atoms. The summed E-state index contributed by atoms with van der Waals surface area (Å²) in [5.74, 6) is 0.581. The zero-order chi connectivity index (χ0) is 21.0. The number of halogens is 1. The Hall–Kier alpha value is -2.69. The standard InChI is InChI=1S/C21H24ClN5O2/c1-21(2)9-16(7-8-18(21)29)26-19-14(10-23)11-24-20(27-19)25-12-17(28)13-3-5-15(22)6-4-13/h3-6,11,16,18,29H,7-9,12H2,1-2H3,(H2,24,25,26,27)/t16-,18+/m1/s1. The third-order valence-electron chi connectivity index (χ3n) is 5.29. The van der Waals surface area contributed by atoms with Gasteiger partial charge in [-0.25, -0.2) is 4.98 Å². The minimum absolute atomic E-state index is 0.0234. The monoisotopic (exact) mass is 413 g/mol. The third kappa shape index (κ3) is 5.22. The van der Waals surface area contributed by atoms with Gasteiger partial charge in [0.05, 0.1) is 18.8 Å². The van der Waals surface area contributed by atoms with Crippen LogP contribution in [0.3, 0.4) is 0 Å². The Morgan fingerprint density at radius 2 is 2.07 bits per heavy atom. The molecule has 0 aliphatic heterocycles. The number of aromatic nitrogens is 2. The molecule has 3 N–H and O–H groups in total.